The molecule has 0 bridgehead atoms. The second kappa shape index (κ2) is 16.2. The first kappa shape index (κ1) is 38.9. The number of nitrogens with zero attached hydrogens (tertiary/aromatic N) is 4. The van der Waals surface area contributed by atoms with Crippen LogP contribution in [0.2, 0.25) is 0 Å². The largest absolute Gasteiger partial charge is 0.508 e. The van der Waals surface area contributed by atoms with Crippen molar-refractivity contribution in [3.05, 3.63) is 132 Å². The normalized spacial score (nSPS) is 22.0. The lowest BCUT2D eigenvalue weighted by Crippen LogP contribution is -2.38. The first-order valence-corrected chi connectivity index (χ1v) is 20.0. The second-order valence-electron chi connectivity index (χ2n) is 15.7. The summed E-state index contributed by atoms with van der Waals surface area (Å²) in [5, 5.41) is 33.7. The lowest BCUT2D eigenvalue weighted by Gasteiger charge is -2.36. The summed E-state index contributed by atoms with van der Waals surface area (Å²) < 4.78 is 26.1. The van der Waals surface area contributed by atoms with Crippen molar-refractivity contribution in [1.82, 2.24) is 19.6 Å². The Kier molecular flexibility index (Phi) is 10.8. The highest BCUT2D eigenvalue weighted by molar-refractivity contribution is 5.65. The molecule has 0 unspecified atom stereocenters. The number of rotatable bonds is 10. The SMILES string of the molecule is COc1ccc(-n2nc(C3(O)CCC(OC(=O)OC4CCC(O)(c5cc(-c6ccc(C)cc6)n(-c6ccc(OC)cc6)n5)CC4)CC3)cc2-c2ccc(C)cc2)cc1. The van der Waals surface area contributed by atoms with Crippen molar-refractivity contribution in [3.8, 4) is 45.4 Å². The van der Waals surface area contributed by atoms with Crippen molar-refractivity contribution in [2.75, 3.05) is 14.2 Å². The molecule has 11 heteroatoms. The van der Waals surface area contributed by atoms with E-state index < -0.39 is 29.6 Å². The summed E-state index contributed by atoms with van der Waals surface area (Å²) in [6.07, 6.45) is 1.86. The molecule has 300 valence electrons. The van der Waals surface area contributed by atoms with Gasteiger partial charge in [-0.05, 0) is 126 Å². The molecule has 2 saturated carbocycles. The Morgan fingerprint density at radius 3 is 1.24 bits per heavy atom. The number of aliphatic hydroxyl groups is 2. The quantitative estimate of drug-likeness (QED) is 0.131. The molecule has 0 atom stereocenters. The van der Waals surface area contributed by atoms with Crippen LogP contribution in [0.15, 0.2) is 109 Å². The van der Waals surface area contributed by atoms with Gasteiger partial charge in [0.2, 0.25) is 0 Å². The minimum Gasteiger partial charge on any atom is -0.497 e. The maximum atomic E-state index is 13.1. The van der Waals surface area contributed by atoms with Gasteiger partial charge in [-0.1, -0.05) is 59.7 Å². The van der Waals surface area contributed by atoms with Crippen LogP contribution in [-0.4, -0.2) is 62.4 Å². The average Bonchev–Trinajstić information content (AvgIpc) is 3.91. The Hall–Kier alpha value is -5.91. The summed E-state index contributed by atoms with van der Waals surface area (Å²) in [6.45, 7) is 4.10. The fourth-order valence-electron chi connectivity index (χ4n) is 8.10. The maximum absolute atomic E-state index is 13.1. The predicted octanol–water partition coefficient (Wildman–Crippen LogP) is 9.14. The number of hydrogen-bond donors (Lipinski definition) is 2. The second-order valence-corrected chi connectivity index (χ2v) is 15.7. The third kappa shape index (κ3) is 8.10. The Labute approximate surface area is 338 Å². The zero-order valence-corrected chi connectivity index (χ0v) is 33.4. The van der Waals surface area contributed by atoms with Crippen molar-refractivity contribution in [2.24, 2.45) is 0 Å². The molecule has 0 spiro atoms. The summed E-state index contributed by atoms with van der Waals surface area (Å²) in [5.41, 5.74) is 6.50. The Morgan fingerprint density at radius 1 is 0.569 bits per heavy atom. The van der Waals surface area contributed by atoms with Gasteiger partial charge in [0, 0.05) is 11.1 Å². The van der Waals surface area contributed by atoms with E-state index in [9.17, 15) is 15.0 Å². The van der Waals surface area contributed by atoms with E-state index in [-0.39, 0.29) is 0 Å². The number of aromatic nitrogens is 4. The molecular formula is C47H50N4O7. The number of ether oxygens (including phenoxy) is 4. The summed E-state index contributed by atoms with van der Waals surface area (Å²) in [7, 11) is 3.27. The van der Waals surface area contributed by atoms with Crippen LogP contribution in [0.5, 0.6) is 11.5 Å². The van der Waals surface area contributed by atoms with Crippen molar-refractivity contribution in [2.45, 2.75) is 88.6 Å². The van der Waals surface area contributed by atoms with Crippen molar-refractivity contribution in [1.29, 1.82) is 0 Å². The smallest absolute Gasteiger partial charge is 0.497 e. The molecule has 2 N–H and O–H groups in total. The monoisotopic (exact) mass is 782 g/mol. The van der Waals surface area contributed by atoms with Gasteiger partial charge in [0.05, 0.1) is 48.4 Å². The van der Waals surface area contributed by atoms with E-state index in [4.69, 9.17) is 29.1 Å². The van der Waals surface area contributed by atoms with E-state index in [0.717, 1.165) is 56.5 Å². The highest BCUT2D eigenvalue weighted by atomic mass is 16.7. The maximum Gasteiger partial charge on any atom is 0.508 e. The molecule has 0 amide bonds. The molecule has 2 aliphatic rings. The van der Waals surface area contributed by atoms with Crippen LogP contribution >= 0.6 is 0 Å². The molecule has 2 aliphatic carbocycles. The van der Waals surface area contributed by atoms with Crippen LogP contribution in [0.3, 0.4) is 0 Å². The molecule has 8 rings (SSSR count). The molecule has 0 radical (unpaired) electrons. The van der Waals surface area contributed by atoms with Crippen LogP contribution in [-0.2, 0) is 20.7 Å². The average molecular weight is 783 g/mol. The summed E-state index contributed by atoms with van der Waals surface area (Å²) in [5.74, 6) is 1.49. The van der Waals surface area contributed by atoms with Gasteiger partial charge in [0.1, 0.15) is 34.9 Å². The molecule has 11 nitrogen and oxygen atoms in total. The van der Waals surface area contributed by atoms with E-state index in [1.807, 2.05) is 83.9 Å². The van der Waals surface area contributed by atoms with E-state index in [2.05, 4.69) is 48.5 Å². The third-order valence-electron chi connectivity index (χ3n) is 11.7. The predicted molar refractivity (Wildman–Crippen MR) is 220 cm³/mol. The molecule has 2 heterocycles. The van der Waals surface area contributed by atoms with Crippen molar-refractivity contribution < 1.29 is 34.0 Å². The minimum atomic E-state index is -1.19. The molecule has 2 fully saturated rings. The zero-order chi connectivity index (χ0) is 40.4. The molecule has 0 saturated heterocycles. The van der Waals surface area contributed by atoms with Crippen molar-refractivity contribution in [3.63, 3.8) is 0 Å². The fourth-order valence-corrected chi connectivity index (χ4v) is 8.10. The Morgan fingerprint density at radius 2 is 0.914 bits per heavy atom. The fraction of sp³-hybridized carbons (Fsp3) is 0.340. The van der Waals surface area contributed by atoms with Crippen LogP contribution in [0.4, 0.5) is 4.79 Å². The molecular weight excluding hydrogens is 733 g/mol. The summed E-state index contributed by atoms with van der Waals surface area (Å²) in [6, 6.07) is 35.7. The van der Waals surface area contributed by atoms with Gasteiger partial charge in [0.15, 0.2) is 0 Å². The highest BCUT2D eigenvalue weighted by Crippen LogP contribution is 2.42. The first-order chi connectivity index (χ1) is 28.0. The zero-order valence-electron chi connectivity index (χ0n) is 33.4. The molecule has 58 heavy (non-hydrogen) atoms. The van der Waals surface area contributed by atoms with Gasteiger partial charge in [-0.2, -0.15) is 10.2 Å². The number of aryl methyl sites for hydroxylation is 2. The van der Waals surface area contributed by atoms with Crippen molar-refractivity contribution >= 4 is 6.16 Å². The van der Waals surface area contributed by atoms with Gasteiger partial charge in [-0.3, -0.25) is 0 Å². The summed E-state index contributed by atoms with van der Waals surface area (Å²) >= 11 is 0. The van der Waals surface area contributed by atoms with Gasteiger partial charge >= 0.3 is 6.16 Å². The van der Waals surface area contributed by atoms with Crippen LogP contribution in [0.1, 0.15) is 73.9 Å². The van der Waals surface area contributed by atoms with Gasteiger partial charge in [0.25, 0.3) is 0 Å². The standard InChI is InChI=1S/C47H50N4O7/c1-31-5-9-33(10-6-31)41-29-43(48-50(41)35-13-17-37(55-3)18-14-35)46(53)25-21-39(22-26-46)57-45(52)58-40-23-27-47(54,28-24-40)44-30-42(34-11-7-32(2)8-12-34)51(49-44)36-15-19-38(56-4)20-16-36/h5-20,29-30,39-40,53-54H,21-28H2,1-4H3. The highest BCUT2D eigenvalue weighted by Gasteiger charge is 2.41. The third-order valence-corrected chi connectivity index (χ3v) is 11.7. The van der Waals surface area contributed by atoms with E-state index in [1.54, 1.807) is 14.2 Å². The summed E-state index contributed by atoms with van der Waals surface area (Å²) in [4.78, 5) is 13.1. The number of methoxy groups -OCH3 is 2. The minimum absolute atomic E-state index is 0.377. The number of carbonyl (C=O) groups is 1. The van der Waals surface area contributed by atoms with Crippen LogP contribution < -0.4 is 9.47 Å². The number of hydrogen-bond acceptors (Lipinski definition) is 9. The topological polar surface area (TPSA) is 130 Å². The van der Waals surface area contributed by atoms with Gasteiger partial charge < -0.3 is 29.2 Å². The van der Waals surface area contributed by atoms with E-state index in [0.29, 0.717) is 62.8 Å². The number of benzene rings is 4. The van der Waals surface area contributed by atoms with E-state index in [1.165, 1.54) is 0 Å². The lowest BCUT2D eigenvalue weighted by molar-refractivity contribution is -0.0787. The Balaban J connectivity index is 0.896. The number of carbonyl (C=O) groups excluding carboxylic acids is 1. The molecule has 6 aromatic rings. The molecule has 4 aromatic carbocycles. The van der Waals surface area contributed by atoms with E-state index >= 15 is 0 Å². The van der Waals surface area contributed by atoms with Gasteiger partial charge in [-0.15, -0.1) is 0 Å². The molecule has 2 aromatic heterocycles. The Bertz CT molecular complexity index is 2170. The molecule has 0 aliphatic heterocycles. The van der Waals surface area contributed by atoms with Gasteiger partial charge in [-0.25, -0.2) is 14.2 Å². The first-order valence-electron chi connectivity index (χ1n) is 20.0. The lowest BCUT2D eigenvalue weighted by atomic mass is 9.81. The van der Waals surface area contributed by atoms with Crippen LogP contribution in [0, 0.1) is 13.8 Å². The van der Waals surface area contributed by atoms with Crippen LogP contribution in [0.25, 0.3) is 33.9 Å².